The van der Waals surface area contributed by atoms with Crippen molar-refractivity contribution in [3.05, 3.63) is 0 Å². The average Bonchev–Trinajstić information content (AvgIpc) is 2.95. The molecule has 1 saturated heterocycles. The van der Waals surface area contributed by atoms with Gasteiger partial charge >= 0.3 is 5.97 Å². The molecular weight excluding hydrogens is 204 g/mol. The summed E-state index contributed by atoms with van der Waals surface area (Å²) >= 11 is 0. The van der Waals surface area contributed by atoms with Crippen molar-refractivity contribution in [3.8, 4) is 0 Å². The second-order valence-corrected chi connectivity index (χ2v) is 5.31. The van der Waals surface area contributed by atoms with Gasteiger partial charge in [0.2, 0.25) is 0 Å². The van der Waals surface area contributed by atoms with Crippen LogP contribution >= 0.6 is 0 Å². The van der Waals surface area contributed by atoms with E-state index in [0.29, 0.717) is 6.04 Å². The van der Waals surface area contributed by atoms with Gasteiger partial charge in [0, 0.05) is 19.1 Å². The maximum absolute atomic E-state index is 11.1. The van der Waals surface area contributed by atoms with Crippen LogP contribution in [0, 0.1) is 5.92 Å². The lowest BCUT2D eigenvalue weighted by Crippen LogP contribution is -2.40. The fourth-order valence-electron chi connectivity index (χ4n) is 2.35. The lowest BCUT2D eigenvalue weighted by atomic mass is 10.2. The van der Waals surface area contributed by atoms with Crippen molar-refractivity contribution in [3.63, 3.8) is 0 Å². The molecule has 0 bridgehead atoms. The van der Waals surface area contributed by atoms with Crippen LogP contribution in [0.15, 0.2) is 0 Å². The molecule has 2 atom stereocenters. The Morgan fingerprint density at radius 1 is 1.50 bits per heavy atom. The molecule has 92 valence electrons. The van der Waals surface area contributed by atoms with Crippen LogP contribution in [0.5, 0.6) is 0 Å². The van der Waals surface area contributed by atoms with Gasteiger partial charge in [0.25, 0.3) is 0 Å². The van der Waals surface area contributed by atoms with E-state index < -0.39 is 5.97 Å². The summed E-state index contributed by atoms with van der Waals surface area (Å²) in [4.78, 5) is 13.4. The normalized spacial score (nSPS) is 28.2. The lowest BCUT2D eigenvalue weighted by Gasteiger charge is -2.19. The first-order chi connectivity index (χ1) is 7.65. The average molecular weight is 226 g/mol. The first-order valence-electron chi connectivity index (χ1n) is 6.36. The lowest BCUT2D eigenvalue weighted by molar-refractivity contribution is -0.139. The molecule has 0 aromatic heterocycles. The third-order valence-electron chi connectivity index (χ3n) is 3.55. The number of carboxylic acid groups (broad SMARTS) is 1. The van der Waals surface area contributed by atoms with Crippen LogP contribution in [-0.4, -0.2) is 47.7 Å². The van der Waals surface area contributed by atoms with Crippen molar-refractivity contribution < 1.29 is 9.90 Å². The van der Waals surface area contributed by atoms with Crippen LogP contribution in [0.3, 0.4) is 0 Å². The molecule has 4 heteroatoms. The Morgan fingerprint density at radius 3 is 2.75 bits per heavy atom. The molecule has 1 heterocycles. The molecule has 0 aromatic rings. The molecule has 2 unspecified atom stereocenters. The largest absolute Gasteiger partial charge is 0.480 e. The minimum absolute atomic E-state index is 0.344. The number of aliphatic carboxylic acids is 1. The maximum Gasteiger partial charge on any atom is 0.320 e. The summed E-state index contributed by atoms with van der Waals surface area (Å²) in [6, 6.07) is 0.127. The van der Waals surface area contributed by atoms with Gasteiger partial charge in [-0.05, 0) is 38.1 Å². The molecule has 2 N–H and O–H groups in total. The highest BCUT2D eigenvalue weighted by atomic mass is 16.4. The minimum atomic E-state index is -0.695. The predicted molar refractivity (Wildman–Crippen MR) is 62.4 cm³/mol. The van der Waals surface area contributed by atoms with E-state index in [1.165, 1.54) is 6.42 Å². The van der Waals surface area contributed by atoms with Crippen LogP contribution < -0.4 is 5.32 Å². The Balaban J connectivity index is 1.70. The second kappa shape index (κ2) is 5.15. The summed E-state index contributed by atoms with van der Waals surface area (Å²) in [6.45, 7) is 5.45. The number of rotatable bonds is 6. The summed E-state index contributed by atoms with van der Waals surface area (Å²) in [5, 5.41) is 12.3. The Kier molecular flexibility index (Phi) is 3.82. The van der Waals surface area contributed by atoms with E-state index in [0.717, 1.165) is 44.8 Å². The standard InChI is InChI=1S/C12H22N2O2/c1-9-4-6-14(8-9)7-5-11(12(15)16)13-10-2-3-10/h9-11,13H,2-8H2,1H3,(H,15,16). The number of carbonyl (C=O) groups is 1. The number of hydrogen-bond acceptors (Lipinski definition) is 3. The van der Waals surface area contributed by atoms with Crippen molar-refractivity contribution in [2.45, 2.75) is 44.7 Å². The molecule has 2 fully saturated rings. The first-order valence-corrected chi connectivity index (χ1v) is 6.36. The van der Waals surface area contributed by atoms with Gasteiger partial charge in [-0.1, -0.05) is 6.92 Å². The van der Waals surface area contributed by atoms with Crippen molar-refractivity contribution in [2.24, 2.45) is 5.92 Å². The Bertz CT molecular complexity index is 253. The smallest absolute Gasteiger partial charge is 0.320 e. The zero-order chi connectivity index (χ0) is 11.5. The molecule has 0 radical (unpaired) electrons. The molecule has 2 rings (SSSR count). The molecule has 16 heavy (non-hydrogen) atoms. The van der Waals surface area contributed by atoms with Crippen molar-refractivity contribution in [2.75, 3.05) is 19.6 Å². The van der Waals surface area contributed by atoms with Gasteiger partial charge in [-0.2, -0.15) is 0 Å². The van der Waals surface area contributed by atoms with Gasteiger partial charge in [-0.3, -0.25) is 4.79 Å². The summed E-state index contributed by atoms with van der Waals surface area (Å²) < 4.78 is 0. The highest BCUT2D eigenvalue weighted by molar-refractivity contribution is 5.73. The Labute approximate surface area is 97.0 Å². The van der Waals surface area contributed by atoms with Crippen LogP contribution in [-0.2, 0) is 4.79 Å². The molecule has 4 nitrogen and oxygen atoms in total. The number of hydrogen-bond donors (Lipinski definition) is 2. The number of likely N-dealkylation sites (tertiary alicyclic amines) is 1. The highest BCUT2D eigenvalue weighted by Gasteiger charge is 2.29. The SMILES string of the molecule is CC1CCN(CCC(NC2CC2)C(=O)O)C1. The molecule has 1 saturated carbocycles. The molecule has 0 spiro atoms. The zero-order valence-electron chi connectivity index (χ0n) is 9.98. The highest BCUT2D eigenvalue weighted by Crippen LogP contribution is 2.20. The zero-order valence-corrected chi connectivity index (χ0v) is 9.98. The van der Waals surface area contributed by atoms with Gasteiger partial charge < -0.3 is 15.3 Å². The van der Waals surface area contributed by atoms with Gasteiger partial charge in [0.1, 0.15) is 6.04 Å². The monoisotopic (exact) mass is 226 g/mol. The topological polar surface area (TPSA) is 52.6 Å². The first kappa shape index (κ1) is 11.9. The number of carboxylic acids is 1. The molecular formula is C12H22N2O2. The van der Waals surface area contributed by atoms with Gasteiger partial charge in [0.15, 0.2) is 0 Å². The molecule has 1 aliphatic heterocycles. The third-order valence-corrected chi connectivity index (χ3v) is 3.55. The van der Waals surface area contributed by atoms with Crippen molar-refractivity contribution in [1.29, 1.82) is 0 Å². The van der Waals surface area contributed by atoms with E-state index in [2.05, 4.69) is 17.1 Å². The quantitative estimate of drug-likeness (QED) is 0.707. The van der Waals surface area contributed by atoms with E-state index in [4.69, 9.17) is 5.11 Å². The van der Waals surface area contributed by atoms with Crippen molar-refractivity contribution >= 4 is 5.97 Å². The predicted octanol–water partition coefficient (Wildman–Crippen LogP) is 0.923. The van der Waals surface area contributed by atoms with E-state index >= 15 is 0 Å². The third kappa shape index (κ3) is 3.46. The minimum Gasteiger partial charge on any atom is -0.480 e. The van der Waals surface area contributed by atoms with Crippen LogP contribution in [0.1, 0.15) is 32.6 Å². The number of nitrogens with zero attached hydrogens (tertiary/aromatic N) is 1. The van der Waals surface area contributed by atoms with Crippen molar-refractivity contribution in [1.82, 2.24) is 10.2 Å². The molecule has 2 aliphatic rings. The maximum atomic E-state index is 11.1. The summed E-state index contributed by atoms with van der Waals surface area (Å²) in [7, 11) is 0. The van der Waals surface area contributed by atoms with Crippen LogP contribution in [0.4, 0.5) is 0 Å². The van der Waals surface area contributed by atoms with Crippen LogP contribution in [0.2, 0.25) is 0 Å². The van der Waals surface area contributed by atoms with Gasteiger partial charge in [-0.25, -0.2) is 0 Å². The fraction of sp³-hybridized carbons (Fsp3) is 0.917. The molecule has 0 amide bonds. The van der Waals surface area contributed by atoms with Gasteiger partial charge in [-0.15, -0.1) is 0 Å². The second-order valence-electron chi connectivity index (χ2n) is 5.31. The van der Waals surface area contributed by atoms with E-state index in [1.807, 2.05) is 0 Å². The summed E-state index contributed by atoms with van der Waals surface area (Å²) in [5.74, 6) is 0.0822. The molecule has 1 aliphatic carbocycles. The summed E-state index contributed by atoms with van der Waals surface area (Å²) in [5.41, 5.74) is 0. The van der Waals surface area contributed by atoms with E-state index in [9.17, 15) is 4.79 Å². The number of nitrogens with one attached hydrogen (secondary N) is 1. The summed E-state index contributed by atoms with van der Waals surface area (Å²) in [6.07, 6.45) is 4.28. The van der Waals surface area contributed by atoms with Crippen LogP contribution in [0.25, 0.3) is 0 Å². The van der Waals surface area contributed by atoms with Gasteiger partial charge in [0.05, 0.1) is 0 Å². The van der Waals surface area contributed by atoms with E-state index in [1.54, 1.807) is 0 Å². The molecule has 0 aromatic carbocycles. The Morgan fingerprint density at radius 2 is 2.25 bits per heavy atom. The van der Waals surface area contributed by atoms with E-state index in [-0.39, 0.29) is 6.04 Å². The Hall–Kier alpha value is -0.610. The fourth-order valence-corrected chi connectivity index (χ4v) is 2.35.